The Morgan fingerprint density at radius 1 is 1.03 bits per heavy atom. The molecule has 2 aromatic carbocycles. The maximum absolute atomic E-state index is 13.4. The van der Waals surface area contributed by atoms with Gasteiger partial charge < -0.3 is 9.80 Å². The van der Waals surface area contributed by atoms with E-state index >= 15 is 0 Å². The van der Waals surface area contributed by atoms with E-state index in [0.717, 1.165) is 12.1 Å². The number of sulfonamides is 1. The van der Waals surface area contributed by atoms with E-state index in [0.29, 0.717) is 42.5 Å². The zero-order valence-electron chi connectivity index (χ0n) is 19.1. The number of likely N-dealkylation sites (N-methyl/N-ethyl adjacent to an activating group) is 1. The fourth-order valence-corrected chi connectivity index (χ4v) is 5.89. The van der Waals surface area contributed by atoms with Gasteiger partial charge in [-0.2, -0.15) is 17.5 Å². The van der Waals surface area contributed by atoms with Gasteiger partial charge in [-0.3, -0.25) is 4.90 Å². The highest BCUT2D eigenvalue weighted by atomic mass is 35.5. The Kier molecular flexibility index (Phi) is 7.33. The number of rotatable bonds is 6. The van der Waals surface area contributed by atoms with Crippen molar-refractivity contribution in [3.63, 3.8) is 0 Å². The monoisotopic (exact) mass is 530 g/mol. The Bertz CT molecular complexity index is 1170. The maximum atomic E-state index is 13.4. The molecule has 1 atom stereocenters. The van der Waals surface area contributed by atoms with E-state index in [-0.39, 0.29) is 18.8 Å². The Balaban J connectivity index is 1.59. The first kappa shape index (κ1) is 25.7. The number of piperazine rings is 1. The van der Waals surface area contributed by atoms with Gasteiger partial charge in [-0.25, -0.2) is 13.2 Å². The van der Waals surface area contributed by atoms with Crippen LogP contribution in [0, 0.1) is 0 Å². The van der Waals surface area contributed by atoms with E-state index in [1.165, 1.54) is 20.2 Å². The molecule has 0 N–H and O–H groups in total. The molecule has 0 saturated carbocycles. The molecule has 35 heavy (non-hydrogen) atoms. The van der Waals surface area contributed by atoms with Gasteiger partial charge in [0.15, 0.2) is 0 Å². The molecule has 0 radical (unpaired) electrons. The number of nitrogens with zero attached hydrogens (tertiary/aromatic N) is 4. The topological polar surface area (TPSA) is 64.2 Å². The third-order valence-corrected chi connectivity index (χ3v) is 8.46. The molecule has 190 valence electrons. The predicted molar refractivity (Wildman–Crippen MR) is 128 cm³/mol. The number of benzene rings is 2. The standard InChI is InChI=1S/C23H26ClF3N4O3S/c1-28-9-11-30(12-10-28)35(33,34)14-13-29-16-21(17-3-2-4-18(15-17)23(25,26)27)31(22(29)32)20-7-5-19(24)6-8-20/h2-8,15,21H,9-14,16H2,1H3. The summed E-state index contributed by atoms with van der Waals surface area (Å²) in [5, 5.41) is 0.450. The van der Waals surface area contributed by atoms with Crippen molar-refractivity contribution in [1.82, 2.24) is 14.1 Å². The highest BCUT2D eigenvalue weighted by Gasteiger charge is 2.41. The van der Waals surface area contributed by atoms with E-state index in [1.807, 2.05) is 11.9 Å². The maximum Gasteiger partial charge on any atom is 0.416 e. The van der Waals surface area contributed by atoms with Crippen LogP contribution in [-0.4, -0.2) is 80.6 Å². The van der Waals surface area contributed by atoms with Gasteiger partial charge in [0.05, 0.1) is 17.4 Å². The summed E-state index contributed by atoms with van der Waals surface area (Å²) in [6.45, 7) is 2.02. The molecule has 2 aliphatic heterocycles. The van der Waals surface area contributed by atoms with Crippen molar-refractivity contribution in [2.24, 2.45) is 0 Å². The SMILES string of the molecule is CN1CCN(S(=O)(=O)CCN2CC(c3cccc(C(F)(F)F)c3)N(c3ccc(Cl)cc3)C2=O)CC1. The minimum Gasteiger partial charge on any atom is -0.321 e. The highest BCUT2D eigenvalue weighted by molar-refractivity contribution is 7.89. The summed E-state index contributed by atoms with van der Waals surface area (Å²) >= 11 is 5.98. The molecule has 0 spiro atoms. The zero-order chi connectivity index (χ0) is 25.4. The molecule has 12 heteroatoms. The van der Waals surface area contributed by atoms with Crippen LogP contribution < -0.4 is 4.90 Å². The van der Waals surface area contributed by atoms with Gasteiger partial charge in [0, 0.05) is 50.0 Å². The second-order valence-corrected chi connectivity index (χ2v) is 11.3. The molecule has 7 nitrogen and oxygen atoms in total. The van der Waals surface area contributed by atoms with Crippen molar-refractivity contribution in [2.75, 3.05) is 57.0 Å². The number of anilines is 1. The second kappa shape index (κ2) is 9.96. The molecule has 0 bridgehead atoms. The summed E-state index contributed by atoms with van der Waals surface area (Å²) in [5.74, 6) is -0.258. The lowest BCUT2D eigenvalue weighted by molar-refractivity contribution is -0.137. The largest absolute Gasteiger partial charge is 0.416 e. The third-order valence-electron chi connectivity index (χ3n) is 6.36. The van der Waals surface area contributed by atoms with E-state index < -0.39 is 33.8 Å². The minimum atomic E-state index is -4.53. The van der Waals surface area contributed by atoms with E-state index in [1.54, 1.807) is 30.3 Å². The lowest BCUT2D eigenvalue weighted by atomic mass is 10.0. The van der Waals surface area contributed by atoms with Crippen LogP contribution in [0.4, 0.5) is 23.7 Å². The van der Waals surface area contributed by atoms with Gasteiger partial charge in [0.25, 0.3) is 0 Å². The number of hydrogen-bond donors (Lipinski definition) is 0. The van der Waals surface area contributed by atoms with Crippen LogP contribution in [0.5, 0.6) is 0 Å². The summed E-state index contributed by atoms with van der Waals surface area (Å²) < 4.78 is 67.2. The van der Waals surface area contributed by atoms with Crippen LogP contribution in [0.3, 0.4) is 0 Å². The number of carbonyl (C=O) groups is 1. The number of halogens is 4. The van der Waals surface area contributed by atoms with Crippen molar-refractivity contribution in [1.29, 1.82) is 0 Å². The van der Waals surface area contributed by atoms with Gasteiger partial charge >= 0.3 is 12.2 Å². The first-order chi connectivity index (χ1) is 16.5. The molecule has 2 saturated heterocycles. The Hall–Kier alpha value is -2.34. The van der Waals surface area contributed by atoms with Crippen molar-refractivity contribution in [3.05, 3.63) is 64.7 Å². The second-order valence-electron chi connectivity index (χ2n) is 8.73. The zero-order valence-corrected chi connectivity index (χ0v) is 20.7. The van der Waals surface area contributed by atoms with Crippen LogP contribution in [0.15, 0.2) is 48.5 Å². The van der Waals surface area contributed by atoms with Crippen molar-refractivity contribution in [3.8, 4) is 0 Å². The summed E-state index contributed by atoms with van der Waals surface area (Å²) in [6.07, 6.45) is -4.53. The quantitative estimate of drug-likeness (QED) is 0.568. The molecule has 0 aliphatic carbocycles. The summed E-state index contributed by atoms with van der Waals surface area (Å²) in [7, 11) is -1.66. The predicted octanol–water partition coefficient (Wildman–Crippen LogP) is 3.92. The number of carbonyl (C=O) groups excluding carboxylic acids is 1. The lowest BCUT2D eigenvalue weighted by Gasteiger charge is -2.32. The Morgan fingerprint density at radius 2 is 1.69 bits per heavy atom. The average molecular weight is 531 g/mol. The van der Waals surface area contributed by atoms with Gasteiger partial charge in [-0.05, 0) is 49.0 Å². The van der Waals surface area contributed by atoms with Gasteiger partial charge in [-0.1, -0.05) is 23.7 Å². The van der Waals surface area contributed by atoms with Crippen molar-refractivity contribution < 1.29 is 26.4 Å². The molecular formula is C23H26ClF3N4O3S. The first-order valence-corrected chi connectivity index (χ1v) is 13.1. The molecular weight excluding hydrogens is 505 g/mol. The molecule has 2 aliphatic rings. The summed E-state index contributed by atoms with van der Waals surface area (Å²) in [4.78, 5) is 18.2. The molecule has 2 amide bonds. The van der Waals surface area contributed by atoms with Crippen molar-refractivity contribution in [2.45, 2.75) is 12.2 Å². The fraction of sp³-hybridized carbons (Fsp3) is 0.435. The normalized spacial score (nSPS) is 20.6. The van der Waals surface area contributed by atoms with Gasteiger partial charge in [0.2, 0.25) is 10.0 Å². The Morgan fingerprint density at radius 3 is 2.31 bits per heavy atom. The molecule has 2 fully saturated rings. The van der Waals surface area contributed by atoms with Crippen LogP contribution in [-0.2, 0) is 16.2 Å². The van der Waals surface area contributed by atoms with Crippen LogP contribution in [0.1, 0.15) is 17.2 Å². The molecule has 1 unspecified atom stereocenters. The van der Waals surface area contributed by atoms with Crippen molar-refractivity contribution >= 4 is 33.3 Å². The summed E-state index contributed by atoms with van der Waals surface area (Å²) in [6, 6.07) is 10.1. The number of urea groups is 1. The smallest absolute Gasteiger partial charge is 0.321 e. The number of alkyl halides is 3. The molecule has 2 heterocycles. The van der Waals surface area contributed by atoms with E-state index in [2.05, 4.69) is 0 Å². The van der Waals surface area contributed by atoms with E-state index in [9.17, 15) is 26.4 Å². The van der Waals surface area contributed by atoms with Gasteiger partial charge in [0.1, 0.15) is 0 Å². The number of amides is 2. The Labute approximate surface area is 207 Å². The number of hydrogen-bond acceptors (Lipinski definition) is 4. The third kappa shape index (κ3) is 5.74. The highest BCUT2D eigenvalue weighted by Crippen LogP contribution is 2.37. The van der Waals surface area contributed by atoms with Crippen LogP contribution in [0.25, 0.3) is 0 Å². The molecule has 0 aromatic heterocycles. The van der Waals surface area contributed by atoms with E-state index in [4.69, 9.17) is 11.6 Å². The lowest BCUT2D eigenvalue weighted by Crippen LogP contribution is -2.49. The summed E-state index contributed by atoms with van der Waals surface area (Å²) in [5.41, 5.74) is -0.0339. The average Bonchev–Trinajstić information content (AvgIpc) is 3.14. The van der Waals surface area contributed by atoms with Gasteiger partial charge in [-0.15, -0.1) is 0 Å². The first-order valence-electron chi connectivity index (χ1n) is 11.1. The molecule has 2 aromatic rings. The fourth-order valence-electron chi connectivity index (χ4n) is 4.33. The van der Waals surface area contributed by atoms with Crippen LogP contribution in [0.2, 0.25) is 5.02 Å². The minimum absolute atomic E-state index is 0.0566. The van der Waals surface area contributed by atoms with Crippen LogP contribution >= 0.6 is 11.6 Å². The molecule has 4 rings (SSSR count).